The van der Waals surface area contributed by atoms with Crippen molar-refractivity contribution in [1.29, 1.82) is 0 Å². The van der Waals surface area contributed by atoms with Crippen LogP contribution in [0.2, 0.25) is 77.1 Å². The fraction of sp³-hybridized carbons (Fsp3) is 0.547. The maximum Gasteiger partial charge on any atom is 0.264 e. The summed E-state index contributed by atoms with van der Waals surface area (Å²) in [5, 5.41) is 13.7. The van der Waals surface area contributed by atoms with Crippen molar-refractivity contribution in [3.63, 3.8) is 0 Å². The summed E-state index contributed by atoms with van der Waals surface area (Å²) in [5.41, 5.74) is 13.4. The van der Waals surface area contributed by atoms with E-state index < -0.39 is 40.4 Å². The zero-order chi connectivity index (χ0) is 80.2. The summed E-state index contributed by atoms with van der Waals surface area (Å²) in [6, 6.07) is 22.6. The first-order chi connectivity index (χ1) is 54.1. The molecule has 0 unspecified atom stereocenters. The summed E-state index contributed by atoms with van der Waals surface area (Å²) in [7, 11) is -7.03. The molecule has 0 spiro atoms. The molecule has 3 N–H and O–H groups in total. The number of rotatable bonds is 28. The van der Waals surface area contributed by atoms with E-state index >= 15 is 0 Å². The Hall–Kier alpha value is -8.25. The van der Waals surface area contributed by atoms with Gasteiger partial charge in [-0.25, -0.2) is 44.4 Å². The average Bonchev–Trinajstić information content (AvgIpc) is 1.71. The number of fused-ring (bicyclic) bond motifs is 3. The number of aromatic nitrogens is 9. The largest absolute Gasteiger partial charge is 0.361 e. The lowest BCUT2D eigenvalue weighted by atomic mass is 9.85. The molecule has 4 aliphatic carbocycles. The maximum absolute atomic E-state index is 11.5. The van der Waals surface area contributed by atoms with E-state index in [4.69, 9.17) is 53.1 Å². The smallest absolute Gasteiger partial charge is 0.264 e. The number of nitrogens with one attached hydrogen (secondary N) is 3. The molecular formula is C86H119N17O6SSi3. The normalized spacial score (nSPS) is 19.8. The molecule has 6 atom stereocenters. The first kappa shape index (κ1) is 84.2. The van der Waals surface area contributed by atoms with Gasteiger partial charge in [-0.15, -0.1) is 0 Å². The summed E-state index contributed by atoms with van der Waals surface area (Å²) < 4.78 is 52.7. The minimum absolute atomic E-state index is 0.169. The van der Waals surface area contributed by atoms with Crippen LogP contribution in [0.4, 0.5) is 34.9 Å². The quantitative estimate of drug-likeness (QED) is 0.0180. The van der Waals surface area contributed by atoms with E-state index in [1.54, 1.807) is 6.20 Å². The Labute approximate surface area is 673 Å². The zero-order valence-electron chi connectivity index (χ0n) is 69.0. The predicted octanol–water partition coefficient (Wildman–Crippen LogP) is 19.8. The summed E-state index contributed by atoms with van der Waals surface area (Å²) in [5.74, 6) is 1.83. The minimum atomic E-state index is -3.53. The van der Waals surface area contributed by atoms with Gasteiger partial charge in [-0.05, 0) is 164 Å². The van der Waals surface area contributed by atoms with Crippen LogP contribution in [-0.4, -0.2) is 175 Å². The third-order valence-corrected chi connectivity index (χ3v) is 28.5. The number of likely N-dealkylation sites (tertiary alicyclic amines) is 2. The summed E-state index contributed by atoms with van der Waals surface area (Å²) in [4.78, 5) is 44.7. The Morgan fingerprint density at radius 1 is 0.442 bits per heavy atom. The average molecular weight is 1600 g/mol. The molecule has 602 valence electrons. The van der Waals surface area contributed by atoms with Crippen molar-refractivity contribution >= 4 is 102 Å². The number of ether oxygens (including phenoxy) is 3. The topological polar surface area (TPSA) is 219 Å². The van der Waals surface area contributed by atoms with E-state index in [2.05, 4.69) is 150 Å². The molecule has 8 heterocycles. The van der Waals surface area contributed by atoms with Gasteiger partial charge < -0.3 is 43.9 Å². The fourth-order valence-electron chi connectivity index (χ4n) is 15.6. The molecule has 6 aromatic heterocycles. The van der Waals surface area contributed by atoms with E-state index in [1.165, 1.54) is 110 Å². The van der Waals surface area contributed by atoms with Crippen LogP contribution >= 0.6 is 0 Å². The van der Waals surface area contributed by atoms with Crippen molar-refractivity contribution in [3.8, 4) is 33.8 Å². The highest BCUT2D eigenvalue weighted by molar-refractivity contribution is 7.86. The first-order valence-electron chi connectivity index (χ1n) is 41.0. The van der Waals surface area contributed by atoms with Crippen molar-refractivity contribution in [2.45, 2.75) is 251 Å². The highest BCUT2D eigenvalue weighted by Gasteiger charge is 2.39. The molecule has 6 aliphatic rings. The third-order valence-electron chi connectivity index (χ3n) is 22.7. The van der Waals surface area contributed by atoms with Gasteiger partial charge in [0.25, 0.3) is 10.1 Å². The zero-order valence-corrected chi connectivity index (χ0v) is 72.9. The van der Waals surface area contributed by atoms with Gasteiger partial charge in [-0.1, -0.05) is 127 Å². The van der Waals surface area contributed by atoms with Crippen LogP contribution in [0.5, 0.6) is 0 Å². The fourth-order valence-corrected chi connectivity index (χ4v) is 18.5. The molecule has 2 aliphatic heterocycles. The van der Waals surface area contributed by atoms with Gasteiger partial charge in [-0.3, -0.25) is 14.0 Å². The van der Waals surface area contributed by atoms with Crippen LogP contribution in [-0.2, 0) is 48.7 Å². The first-order valence-corrected chi connectivity index (χ1v) is 53.9. The maximum atomic E-state index is 11.5. The predicted molar refractivity (Wildman–Crippen MR) is 466 cm³/mol. The number of anilines is 3. The Kier molecular flexibility index (Phi) is 28.0. The number of aryl methyl sites for hydroxylation is 3. The van der Waals surface area contributed by atoms with Crippen molar-refractivity contribution in [2.75, 3.05) is 68.2 Å². The number of hydrogen-bond acceptors (Lipinski definition) is 17. The van der Waals surface area contributed by atoms with Crippen LogP contribution in [0.15, 0.2) is 91.8 Å². The molecule has 15 rings (SSSR count). The molecule has 0 bridgehead atoms. The molecule has 27 heteroatoms. The number of hydrogen-bond donors (Lipinski definition) is 3. The van der Waals surface area contributed by atoms with E-state index in [-0.39, 0.29) is 6.04 Å². The van der Waals surface area contributed by atoms with Crippen molar-refractivity contribution < 1.29 is 26.8 Å². The van der Waals surface area contributed by atoms with Gasteiger partial charge in [0.1, 0.15) is 20.2 Å². The van der Waals surface area contributed by atoms with Gasteiger partial charge in [-0.2, -0.15) is 8.42 Å². The molecule has 9 aromatic rings. The van der Waals surface area contributed by atoms with Crippen LogP contribution in [0.3, 0.4) is 0 Å². The number of nitrogens with zero attached hydrogens (tertiary/aromatic N) is 14. The highest BCUT2D eigenvalue weighted by atomic mass is 32.2. The third kappa shape index (κ3) is 22.4. The Balaban J connectivity index is 0.000000152. The molecule has 113 heavy (non-hydrogen) atoms. The lowest BCUT2D eigenvalue weighted by Crippen LogP contribution is -2.53. The standard InChI is InChI=1S/2C28H38N6OSi.C25H33N5O4SSi.C5H10/c2*1-20-17-30-28(31-24-10-11-25(24)33-12-6-7-13-33)32-27(20)23-18-34(19-35-14-15-36(3,4)5)26-16-21(29-2)8-9-22(23)26;1-17-14-27-25(28-21-9-10-23(21)34-35(3,31)32)29-24(17)20-15-30(16-33-11-12-36(4,5)6)22-13-18(26-2)7-8-19(20)22;1-2-4-5-3-1/h2*8-9,16-18,24-25H,6-7,10-15,19H2,1,3-5H3,(H,30,31,32);7-8,13-15,21,23H,9-12,16H2,1,3-6H3,(H,27,28,29);1-5H2/t2*24-,25-;21-,23+;/m100./s1. The lowest BCUT2D eigenvalue weighted by molar-refractivity contribution is 0.0902. The molecule has 23 nitrogen and oxygen atoms in total. The van der Waals surface area contributed by atoms with Crippen molar-refractivity contribution in [2.24, 2.45) is 0 Å². The van der Waals surface area contributed by atoms with Crippen LogP contribution < -0.4 is 16.0 Å². The molecule has 3 aromatic carbocycles. The molecule has 0 radical (unpaired) electrons. The molecule has 4 saturated carbocycles. The van der Waals surface area contributed by atoms with Crippen molar-refractivity contribution in [1.82, 2.24) is 53.4 Å². The van der Waals surface area contributed by atoms with E-state index in [0.717, 1.165) is 127 Å². The van der Waals surface area contributed by atoms with E-state index in [1.807, 2.05) is 84.7 Å². The second-order valence-corrected chi connectivity index (χ2v) is 53.9. The number of benzene rings is 3. The Morgan fingerprint density at radius 3 is 1.02 bits per heavy atom. The molecule has 2 saturated heterocycles. The monoisotopic (exact) mass is 1600 g/mol. The van der Waals surface area contributed by atoms with Gasteiger partial charge >= 0.3 is 0 Å². The summed E-state index contributed by atoms with van der Waals surface area (Å²) in [6.45, 7) is 58.1. The van der Waals surface area contributed by atoms with Gasteiger partial charge in [0.05, 0.1) is 55.2 Å². The summed E-state index contributed by atoms with van der Waals surface area (Å²) in [6.07, 6.45) is 31.6. The molecule has 0 amide bonds. The highest BCUT2D eigenvalue weighted by Crippen LogP contribution is 2.40. The minimum Gasteiger partial charge on any atom is -0.361 e. The van der Waals surface area contributed by atoms with Crippen LogP contribution in [0, 0.1) is 40.5 Å². The van der Waals surface area contributed by atoms with E-state index in [0.29, 0.717) is 92.3 Å². The molecule has 6 fully saturated rings. The Morgan fingerprint density at radius 2 is 0.752 bits per heavy atom. The van der Waals surface area contributed by atoms with Crippen LogP contribution in [0.1, 0.15) is 113 Å². The summed E-state index contributed by atoms with van der Waals surface area (Å²) >= 11 is 0. The van der Waals surface area contributed by atoms with Gasteiger partial charge in [0.15, 0.2) is 17.1 Å². The van der Waals surface area contributed by atoms with Crippen molar-refractivity contribution in [3.05, 3.63) is 143 Å². The Bertz CT molecular complexity index is 4800. The van der Waals surface area contributed by atoms with E-state index in [9.17, 15) is 8.42 Å². The second-order valence-electron chi connectivity index (χ2n) is 35.4. The van der Waals surface area contributed by atoms with Crippen LogP contribution in [0.25, 0.3) is 81.0 Å². The van der Waals surface area contributed by atoms with Gasteiger partial charge in [0, 0.05) is 155 Å². The second kappa shape index (κ2) is 37.6. The van der Waals surface area contributed by atoms with Gasteiger partial charge in [0.2, 0.25) is 17.8 Å². The molecular weight excluding hydrogens is 1480 g/mol. The SMILES string of the molecule is C1CCCC1.[C-]#[N+]c1ccc2c(-c3nc(N[C@@H]4CC[C@H]4N4CCCC4)ncc3C)cn(COCC[Si](C)(C)C)c2c1.[C-]#[N+]c1ccc2c(-c3nc(N[C@H]4CC[C@@H]4N4CCCC4)ncc3C)cn(COCC[Si](C)(C)C)c2c1.[C-]#[N+]c1ccc2c(-c3nc(N[C@H]4CC[C@H]4OS(C)(=O)=O)ncc3C)cn(COCC[Si](C)(C)C)c2c1. The lowest BCUT2D eigenvalue weighted by Gasteiger charge is -2.43.